The SMILES string of the molecule is CC(C)(C)OC(=O)N1C2CCCC1CC(CN=[N+]=[N-])C2. The maximum atomic E-state index is 12.4. The molecule has 2 heterocycles. The van der Waals surface area contributed by atoms with Gasteiger partial charge in [0.05, 0.1) is 0 Å². The second-order valence-electron chi connectivity index (χ2n) is 6.88. The Labute approximate surface area is 120 Å². The normalized spacial score (nSPS) is 29.6. The van der Waals surface area contributed by atoms with Crippen molar-refractivity contribution < 1.29 is 9.53 Å². The van der Waals surface area contributed by atoms with E-state index in [2.05, 4.69) is 10.0 Å². The summed E-state index contributed by atoms with van der Waals surface area (Å²) in [6, 6.07) is 0.493. The molecule has 0 radical (unpaired) electrons. The molecule has 0 aromatic rings. The summed E-state index contributed by atoms with van der Waals surface area (Å²) in [5.74, 6) is 0.403. The molecule has 0 aromatic carbocycles. The van der Waals surface area contributed by atoms with Crippen molar-refractivity contribution in [1.29, 1.82) is 0 Å². The number of carbonyl (C=O) groups excluding carboxylic acids is 1. The summed E-state index contributed by atoms with van der Waals surface area (Å²) in [7, 11) is 0. The second-order valence-corrected chi connectivity index (χ2v) is 6.88. The molecule has 2 saturated heterocycles. The fourth-order valence-corrected chi connectivity index (χ4v) is 3.41. The third-order valence-corrected chi connectivity index (χ3v) is 4.08. The predicted octanol–water partition coefficient (Wildman–Crippen LogP) is 3.86. The van der Waals surface area contributed by atoms with Crippen molar-refractivity contribution in [2.45, 2.75) is 70.6 Å². The van der Waals surface area contributed by atoms with Crippen LogP contribution in [0.2, 0.25) is 0 Å². The zero-order valence-electron chi connectivity index (χ0n) is 12.6. The molecular formula is C14H24N4O2. The molecule has 0 N–H and O–H groups in total. The summed E-state index contributed by atoms with van der Waals surface area (Å²) < 4.78 is 5.53. The molecule has 20 heavy (non-hydrogen) atoms. The summed E-state index contributed by atoms with van der Waals surface area (Å²) in [6.45, 7) is 6.24. The molecular weight excluding hydrogens is 256 g/mol. The van der Waals surface area contributed by atoms with Crippen LogP contribution in [0.5, 0.6) is 0 Å². The number of nitrogens with zero attached hydrogens (tertiary/aromatic N) is 4. The van der Waals surface area contributed by atoms with Gasteiger partial charge in [-0.25, -0.2) is 4.79 Å². The number of amides is 1. The van der Waals surface area contributed by atoms with Crippen LogP contribution in [-0.4, -0.2) is 35.2 Å². The van der Waals surface area contributed by atoms with Gasteiger partial charge in [0.1, 0.15) is 5.60 Å². The lowest BCUT2D eigenvalue weighted by molar-refractivity contribution is -0.0271. The summed E-state index contributed by atoms with van der Waals surface area (Å²) in [6.07, 6.45) is 4.90. The minimum Gasteiger partial charge on any atom is -0.444 e. The topological polar surface area (TPSA) is 78.3 Å². The fourth-order valence-electron chi connectivity index (χ4n) is 3.41. The van der Waals surface area contributed by atoms with Gasteiger partial charge in [0.15, 0.2) is 0 Å². The van der Waals surface area contributed by atoms with Gasteiger partial charge in [-0.15, -0.1) is 0 Å². The average Bonchev–Trinajstić information content (AvgIpc) is 2.32. The number of carbonyl (C=O) groups is 1. The van der Waals surface area contributed by atoms with Gasteiger partial charge in [-0.1, -0.05) is 5.11 Å². The van der Waals surface area contributed by atoms with Gasteiger partial charge in [-0.05, 0) is 64.3 Å². The Balaban J connectivity index is 2.04. The Kier molecular flexibility index (Phi) is 4.43. The lowest BCUT2D eigenvalue weighted by atomic mass is 9.78. The molecule has 0 aliphatic carbocycles. The van der Waals surface area contributed by atoms with Crippen LogP contribution in [0.4, 0.5) is 4.79 Å². The fraction of sp³-hybridized carbons (Fsp3) is 0.929. The third-order valence-electron chi connectivity index (χ3n) is 4.08. The van der Waals surface area contributed by atoms with Crippen LogP contribution in [0.15, 0.2) is 5.11 Å². The van der Waals surface area contributed by atoms with E-state index in [0.717, 1.165) is 25.7 Å². The van der Waals surface area contributed by atoms with Gasteiger partial charge in [0.2, 0.25) is 0 Å². The smallest absolute Gasteiger partial charge is 0.410 e. The van der Waals surface area contributed by atoms with Gasteiger partial charge < -0.3 is 9.64 Å². The van der Waals surface area contributed by atoms with Crippen molar-refractivity contribution in [1.82, 2.24) is 4.90 Å². The first kappa shape index (κ1) is 15.0. The predicted molar refractivity (Wildman–Crippen MR) is 76.2 cm³/mol. The van der Waals surface area contributed by atoms with Crippen molar-refractivity contribution >= 4 is 6.09 Å². The highest BCUT2D eigenvalue weighted by molar-refractivity contribution is 5.69. The van der Waals surface area contributed by atoms with Crippen LogP contribution in [0.1, 0.15) is 52.9 Å². The van der Waals surface area contributed by atoms with Gasteiger partial charge in [-0.3, -0.25) is 0 Å². The molecule has 112 valence electrons. The molecule has 1 amide bonds. The molecule has 2 bridgehead atoms. The van der Waals surface area contributed by atoms with Crippen molar-refractivity contribution in [2.75, 3.05) is 6.54 Å². The summed E-state index contributed by atoms with van der Waals surface area (Å²) >= 11 is 0. The molecule has 2 atom stereocenters. The number of ether oxygens (including phenoxy) is 1. The molecule has 2 aliphatic heterocycles. The maximum Gasteiger partial charge on any atom is 0.410 e. The summed E-state index contributed by atoms with van der Waals surface area (Å²) in [5.41, 5.74) is 7.99. The first-order valence-corrected chi connectivity index (χ1v) is 7.43. The van der Waals surface area contributed by atoms with Crippen molar-refractivity contribution in [3.63, 3.8) is 0 Å². The van der Waals surface area contributed by atoms with Crippen molar-refractivity contribution in [2.24, 2.45) is 11.0 Å². The van der Waals surface area contributed by atoms with Crippen LogP contribution in [-0.2, 0) is 4.74 Å². The molecule has 0 saturated carbocycles. The quantitative estimate of drug-likeness (QED) is 0.437. The Morgan fingerprint density at radius 2 is 1.95 bits per heavy atom. The Bertz CT molecular complexity index is 398. The van der Waals surface area contributed by atoms with Gasteiger partial charge in [0.25, 0.3) is 0 Å². The lowest BCUT2D eigenvalue weighted by Crippen LogP contribution is -2.56. The van der Waals surface area contributed by atoms with E-state index in [0.29, 0.717) is 12.5 Å². The molecule has 2 rings (SSSR count). The number of hydrogen-bond donors (Lipinski definition) is 0. The molecule has 2 fully saturated rings. The van der Waals surface area contributed by atoms with E-state index in [1.54, 1.807) is 0 Å². The largest absolute Gasteiger partial charge is 0.444 e. The van der Waals surface area contributed by atoms with Gasteiger partial charge in [0, 0.05) is 23.5 Å². The molecule has 0 aromatic heterocycles. The van der Waals surface area contributed by atoms with Gasteiger partial charge >= 0.3 is 6.09 Å². The van der Waals surface area contributed by atoms with Crippen LogP contribution in [0.3, 0.4) is 0 Å². The van der Waals surface area contributed by atoms with Crippen molar-refractivity contribution in [3.05, 3.63) is 10.4 Å². The zero-order valence-corrected chi connectivity index (χ0v) is 12.6. The van der Waals surface area contributed by atoms with E-state index < -0.39 is 5.60 Å². The Morgan fingerprint density at radius 1 is 1.35 bits per heavy atom. The second kappa shape index (κ2) is 5.92. The molecule has 2 aliphatic rings. The number of rotatable bonds is 2. The monoisotopic (exact) mass is 280 g/mol. The maximum absolute atomic E-state index is 12.4. The van der Waals surface area contributed by atoms with E-state index in [9.17, 15) is 4.79 Å². The summed E-state index contributed by atoms with van der Waals surface area (Å²) in [4.78, 5) is 17.2. The number of fused-ring (bicyclic) bond motifs is 2. The molecule has 2 unspecified atom stereocenters. The first-order valence-electron chi connectivity index (χ1n) is 7.43. The van der Waals surface area contributed by atoms with Crippen LogP contribution >= 0.6 is 0 Å². The van der Waals surface area contributed by atoms with Gasteiger partial charge in [-0.2, -0.15) is 0 Å². The number of azide groups is 1. The molecule has 6 heteroatoms. The molecule has 0 spiro atoms. The van der Waals surface area contributed by atoms with E-state index in [1.165, 1.54) is 6.42 Å². The minimum absolute atomic E-state index is 0.186. The summed E-state index contributed by atoms with van der Waals surface area (Å²) in [5, 5.41) is 3.70. The number of piperidine rings is 2. The minimum atomic E-state index is -0.451. The Morgan fingerprint density at radius 3 is 2.45 bits per heavy atom. The van der Waals surface area contributed by atoms with Crippen LogP contribution in [0.25, 0.3) is 10.4 Å². The van der Waals surface area contributed by atoms with E-state index >= 15 is 0 Å². The van der Waals surface area contributed by atoms with Crippen LogP contribution in [0, 0.1) is 5.92 Å². The van der Waals surface area contributed by atoms with E-state index in [4.69, 9.17) is 10.3 Å². The lowest BCUT2D eigenvalue weighted by Gasteiger charge is -2.48. The number of hydrogen-bond acceptors (Lipinski definition) is 3. The average molecular weight is 280 g/mol. The van der Waals surface area contributed by atoms with Crippen molar-refractivity contribution in [3.8, 4) is 0 Å². The van der Waals surface area contributed by atoms with Crippen LogP contribution < -0.4 is 0 Å². The highest BCUT2D eigenvalue weighted by atomic mass is 16.6. The highest BCUT2D eigenvalue weighted by Crippen LogP contribution is 2.38. The molecule has 6 nitrogen and oxygen atoms in total. The van der Waals surface area contributed by atoms with E-state index in [-0.39, 0.29) is 18.2 Å². The van der Waals surface area contributed by atoms with E-state index in [1.807, 2.05) is 25.7 Å². The first-order chi connectivity index (χ1) is 9.40. The standard InChI is InChI=1S/C14H24N4O2/c1-14(2,3)20-13(19)18-11-5-4-6-12(18)8-10(7-11)9-16-17-15/h10-12H,4-9H2,1-3H3. The highest BCUT2D eigenvalue weighted by Gasteiger charge is 2.42. The third kappa shape index (κ3) is 3.57. The Hall–Kier alpha value is -1.42. The zero-order chi connectivity index (χ0) is 14.8.